The van der Waals surface area contributed by atoms with E-state index in [1.807, 2.05) is 4.90 Å². The molecular formula is C18H28FN3O5S2. The molecular weight excluding hydrogens is 421 g/mol. The SMILES string of the molecule is CCN(CC)S(=O)(=O)c1ccc(F)c(C(=O)N2CCN(CCS(C)(=O)=O)CC2)c1. The summed E-state index contributed by atoms with van der Waals surface area (Å²) in [7, 11) is -6.87. The minimum atomic E-state index is -3.80. The zero-order valence-electron chi connectivity index (χ0n) is 17.0. The maximum atomic E-state index is 14.3. The van der Waals surface area contributed by atoms with Crippen molar-refractivity contribution in [3.63, 3.8) is 0 Å². The van der Waals surface area contributed by atoms with Crippen LogP contribution in [0.25, 0.3) is 0 Å². The van der Waals surface area contributed by atoms with Gasteiger partial charge in [0.25, 0.3) is 5.91 Å². The maximum Gasteiger partial charge on any atom is 0.256 e. The molecule has 29 heavy (non-hydrogen) atoms. The molecule has 0 aliphatic carbocycles. The number of hydrogen-bond donors (Lipinski definition) is 0. The Bertz CT molecular complexity index is 938. The van der Waals surface area contributed by atoms with E-state index in [-0.39, 0.29) is 29.3 Å². The van der Waals surface area contributed by atoms with Crippen LogP contribution in [0.5, 0.6) is 0 Å². The van der Waals surface area contributed by atoms with E-state index in [4.69, 9.17) is 0 Å². The third-order valence-corrected chi connectivity index (χ3v) is 7.92. The van der Waals surface area contributed by atoms with Crippen LogP contribution in [0.3, 0.4) is 0 Å². The molecule has 1 amide bonds. The Morgan fingerprint density at radius 3 is 2.17 bits per heavy atom. The predicted octanol–water partition coefficient (Wildman–Crippen LogP) is 0.659. The molecule has 1 aliphatic rings. The van der Waals surface area contributed by atoms with Crippen molar-refractivity contribution in [2.45, 2.75) is 18.7 Å². The van der Waals surface area contributed by atoms with E-state index in [1.165, 1.54) is 21.5 Å². The fourth-order valence-electron chi connectivity index (χ4n) is 3.18. The number of sulfonamides is 1. The third-order valence-electron chi connectivity index (χ3n) is 4.95. The number of nitrogens with zero attached hydrogens (tertiary/aromatic N) is 3. The van der Waals surface area contributed by atoms with Crippen LogP contribution in [0.1, 0.15) is 24.2 Å². The van der Waals surface area contributed by atoms with E-state index in [0.29, 0.717) is 32.7 Å². The summed E-state index contributed by atoms with van der Waals surface area (Å²) in [6.45, 7) is 5.92. The van der Waals surface area contributed by atoms with Crippen molar-refractivity contribution in [2.75, 3.05) is 57.8 Å². The fourth-order valence-corrected chi connectivity index (χ4v) is 5.26. The van der Waals surface area contributed by atoms with Gasteiger partial charge in [0.1, 0.15) is 15.7 Å². The molecule has 1 aromatic carbocycles. The molecule has 11 heteroatoms. The van der Waals surface area contributed by atoms with Crippen molar-refractivity contribution in [3.8, 4) is 0 Å². The first kappa shape index (κ1) is 23.7. The summed E-state index contributed by atoms with van der Waals surface area (Å²) < 4.78 is 63.5. The molecule has 1 saturated heterocycles. The van der Waals surface area contributed by atoms with Gasteiger partial charge in [-0.3, -0.25) is 9.69 Å². The average Bonchev–Trinajstić information content (AvgIpc) is 2.66. The Hall–Kier alpha value is -1.56. The lowest BCUT2D eigenvalue weighted by molar-refractivity contribution is 0.0639. The van der Waals surface area contributed by atoms with E-state index in [0.717, 1.165) is 12.1 Å². The molecule has 1 aliphatic heterocycles. The number of carbonyl (C=O) groups excluding carboxylic acids is 1. The van der Waals surface area contributed by atoms with Crippen molar-refractivity contribution < 1.29 is 26.0 Å². The van der Waals surface area contributed by atoms with Crippen LogP contribution in [0.4, 0.5) is 4.39 Å². The van der Waals surface area contributed by atoms with Crippen LogP contribution >= 0.6 is 0 Å². The van der Waals surface area contributed by atoms with Gasteiger partial charge in [-0.25, -0.2) is 21.2 Å². The average molecular weight is 450 g/mol. The highest BCUT2D eigenvalue weighted by Gasteiger charge is 2.28. The van der Waals surface area contributed by atoms with Crippen molar-refractivity contribution >= 4 is 25.8 Å². The van der Waals surface area contributed by atoms with Crippen LogP contribution in [0.15, 0.2) is 23.1 Å². The van der Waals surface area contributed by atoms with Crippen molar-refractivity contribution in [3.05, 3.63) is 29.6 Å². The molecule has 2 rings (SSSR count). The minimum Gasteiger partial charge on any atom is -0.336 e. The molecule has 1 aromatic rings. The lowest BCUT2D eigenvalue weighted by atomic mass is 10.1. The number of hydrogen-bond acceptors (Lipinski definition) is 6. The molecule has 0 unspecified atom stereocenters. The lowest BCUT2D eigenvalue weighted by Crippen LogP contribution is -2.49. The summed E-state index contributed by atoms with van der Waals surface area (Å²) in [6, 6.07) is 3.27. The van der Waals surface area contributed by atoms with Crippen LogP contribution in [0.2, 0.25) is 0 Å². The van der Waals surface area contributed by atoms with Gasteiger partial charge in [0, 0.05) is 52.1 Å². The van der Waals surface area contributed by atoms with Gasteiger partial charge >= 0.3 is 0 Å². The molecule has 8 nitrogen and oxygen atoms in total. The summed E-state index contributed by atoms with van der Waals surface area (Å²) in [5.41, 5.74) is -0.275. The van der Waals surface area contributed by atoms with Crippen LogP contribution in [-0.4, -0.2) is 94.7 Å². The van der Waals surface area contributed by atoms with E-state index in [2.05, 4.69) is 0 Å². The normalized spacial score (nSPS) is 16.4. The molecule has 164 valence electrons. The van der Waals surface area contributed by atoms with Gasteiger partial charge in [0.2, 0.25) is 10.0 Å². The fraction of sp³-hybridized carbons (Fsp3) is 0.611. The standard InChI is InChI=1S/C18H28FN3O5S2/c1-4-22(5-2)29(26,27)15-6-7-17(19)16(14-15)18(23)21-10-8-20(9-11-21)12-13-28(3,24)25/h6-7,14H,4-5,8-13H2,1-3H3. The van der Waals surface area contributed by atoms with Crippen LogP contribution in [-0.2, 0) is 19.9 Å². The van der Waals surface area contributed by atoms with Crippen LogP contribution in [0, 0.1) is 5.82 Å². The summed E-state index contributed by atoms with van der Waals surface area (Å²) in [5.74, 6) is -1.30. The van der Waals surface area contributed by atoms with Crippen molar-refractivity contribution in [1.82, 2.24) is 14.1 Å². The zero-order chi connectivity index (χ0) is 21.8. The number of benzene rings is 1. The van der Waals surface area contributed by atoms with Gasteiger partial charge in [-0.2, -0.15) is 4.31 Å². The minimum absolute atomic E-state index is 0.0425. The van der Waals surface area contributed by atoms with E-state index >= 15 is 0 Å². The highest BCUT2D eigenvalue weighted by atomic mass is 32.2. The molecule has 0 aromatic heterocycles. The Morgan fingerprint density at radius 1 is 1.07 bits per heavy atom. The first-order chi connectivity index (χ1) is 13.5. The molecule has 0 radical (unpaired) electrons. The Balaban J connectivity index is 2.14. The number of carbonyl (C=O) groups is 1. The predicted molar refractivity (Wildman–Crippen MR) is 109 cm³/mol. The van der Waals surface area contributed by atoms with Crippen molar-refractivity contribution in [1.29, 1.82) is 0 Å². The van der Waals surface area contributed by atoms with E-state index in [1.54, 1.807) is 13.8 Å². The second kappa shape index (κ2) is 9.50. The Labute approximate surface area is 172 Å². The van der Waals surface area contributed by atoms with Crippen LogP contribution < -0.4 is 0 Å². The zero-order valence-corrected chi connectivity index (χ0v) is 18.6. The lowest BCUT2D eigenvalue weighted by Gasteiger charge is -2.34. The highest BCUT2D eigenvalue weighted by Crippen LogP contribution is 2.21. The summed E-state index contributed by atoms with van der Waals surface area (Å²) in [5, 5.41) is 0. The Morgan fingerprint density at radius 2 is 1.66 bits per heavy atom. The number of rotatable bonds is 8. The summed E-state index contributed by atoms with van der Waals surface area (Å²) in [6.07, 6.45) is 1.18. The molecule has 1 fully saturated rings. The molecule has 0 N–H and O–H groups in total. The number of sulfone groups is 1. The van der Waals surface area contributed by atoms with Gasteiger partial charge < -0.3 is 4.90 Å². The maximum absolute atomic E-state index is 14.3. The molecule has 1 heterocycles. The quantitative estimate of drug-likeness (QED) is 0.579. The Kier molecular flexibility index (Phi) is 7.77. The molecule has 0 saturated carbocycles. The molecule has 0 spiro atoms. The second-order valence-electron chi connectivity index (χ2n) is 6.99. The largest absolute Gasteiger partial charge is 0.336 e. The first-order valence-electron chi connectivity index (χ1n) is 9.48. The van der Waals surface area contributed by atoms with Crippen molar-refractivity contribution in [2.24, 2.45) is 0 Å². The highest BCUT2D eigenvalue weighted by molar-refractivity contribution is 7.90. The number of halogens is 1. The van der Waals surface area contributed by atoms with Gasteiger partial charge in [-0.05, 0) is 18.2 Å². The van der Waals surface area contributed by atoms with Gasteiger partial charge in [-0.15, -0.1) is 0 Å². The van der Waals surface area contributed by atoms with Gasteiger partial charge in [-0.1, -0.05) is 13.8 Å². The number of amides is 1. The van der Waals surface area contributed by atoms with E-state index < -0.39 is 31.6 Å². The monoisotopic (exact) mass is 449 g/mol. The first-order valence-corrected chi connectivity index (χ1v) is 13.0. The summed E-state index contributed by atoms with van der Waals surface area (Å²) in [4.78, 5) is 16.1. The van der Waals surface area contributed by atoms with E-state index in [9.17, 15) is 26.0 Å². The van der Waals surface area contributed by atoms with Gasteiger partial charge in [0.05, 0.1) is 16.2 Å². The molecule has 0 bridgehead atoms. The smallest absolute Gasteiger partial charge is 0.256 e. The van der Waals surface area contributed by atoms with Gasteiger partial charge in [0.15, 0.2) is 0 Å². The topological polar surface area (TPSA) is 95.1 Å². The molecule has 0 atom stereocenters. The third kappa shape index (κ3) is 5.97. The second-order valence-corrected chi connectivity index (χ2v) is 11.2. The summed E-state index contributed by atoms with van der Waals surface area (Å²) >= 11 is 0. The number of piperazine rings is 1.